The van der Waals surface area contributed by atoms with Gasteiger partial charge in [0.25, 0.3) is 5.91 Å². The van der Waals surface area contributed by atoms with Crippen LogP contribution in [0.4, 0.5) is 11.5 Å². The largest absolute Gasteiger partial charge is 0.487 e. The van der Waals surface area contributed by atoms with Crippen LogP contribution < -0.4 is 15.8 Å². The quantitative estimate of drug-likeness (QED) is 0.747. The second-order valence-electron chi connectivity index (χ2n) is 4.88. The fourth-order valence-corrected chi connectivity index (χ4v) is 2.02. The Balaban J connectivity index is 1.67. The van der Waals surface area contributed by atoms with Crippen LogP contribution in [-0.4, -0.2) is 20.9 Å². The summed E-state index contributed by atoms with van der Waals surface area (Å²) in [5.74, 6) is 0.269. The standard InChI is InChI=1S/C17H15N5O2/c18-16-15(20-8-9-21-16)17(23)22-12-5-3-6-14(10-12)24-11-13-4-1-2-7-19-13/h1-10H,11H2,(H2,18,21)(H,22,23). The molecular weight excluding hydrogens is 306 g/mol. The maximum absolute atomic E-state index is 12.2. The third-order valence-corrected chi connectivity index (χ3v) is 3.15. The normalized spacial score (nSPS) is 10.2. The van der Waals surface area contributed by atoms with Crippen molar-refractivity contribution < 1.29 is 9.53 Å². The third-order valence-electron chi connectivity index (χ3n) is 3.15. The maximum Gasteiger partial charge on any atom is 0.278 e. The van der Waals surface area contributed by atoms with Gasteiger partial charge in [0, 0.05) is 30.3 Å². The minimum atomic E-state index is -0.428. The highest BCUT2D eigenvalue weighted by Gasteiger charge is 2.12. The summed E-state index contributed by atoms with van der Waals surface area (Å²) in [6, 6.07) is 12.7. The van der Waals surface area contributed by atoms with E-state index in [2.05, 4.69) is 20.3 Å². The van der Waals surface area contributed by atoms with Gasteiger partial charge >= 0.3 is 0 Å². The Kier molecular flexibility index (Phi) is 4.62. The molecule has 0 aliphatic rings. The van der Waals surface area contributed by atoms with Crippen LogP contribution in [0.3, 0.4) is 0 Å². The molecule has 3 rings (SSSR count). The van der Waals surface area contributed by atoms with Crippen molar-refractivity contribution in [3.05, 3.63) is 72.4 Å². The molecule has 7 nitrogen and oxygen atoms in total. The van der Waals surface area contributed by atoms with Gasteiger partial charge in [0.05, 0.1) is 5.69 Å². The number of hydrogen-bond donors (Lipinski definition) is 2. The number of nitrogens with one attached hydrogen (secondary N) is 1. The van der Waals surface area contributed by atoms with Crippen LogP contribution in [0, 0.1) is 0 Å². The van der Waals surface area contributed by atoms with E-state index in [1.54, 1.807) is 30.5 Å². The number of carbonyl (C=O) groups is 1. The van der Waals surface area contributed by atoms with E-state index in [1.165, 1.54) is 12.4 Å². The molecule has 0 aliphatic heterocycles. The van der Waals surface area contributed by atoms with Gasteiger partial charge in [-0.2, -0.15) is 0 Å². The topological polar surface area (TPSA) is 103 Å². The van der Waals surface area contributed by atoms with Gasteiger partial charge in [-0.15, -0.1) is 0 Å². The zero-order valence-electron chi connectivity index (χ0n) is 12.7. The van der Waals surface area contributed by atoms with E-state index in [4.69, 9.17) is 10.5 Å². The van der Waals surface area contributed by atoms with Gasteiger partial charge in [-0.1, -0.05) is 12.1 Å². The number of rotatable bonds is 5. The van der Waals surface area contributed by atoms with E-state index in [1.807, 2.05) is 18.2 Å². The molecule has 0 spiro atoms. The van der Waals surface area contributed by atoms with Crippen LogP contribution in [0.5, 0.6) is 5.75 Å². The molecule has 0 fully saturated rings. The summed E-state index contributed by atoms with van der Waals surface area (Å²) in [5.41, 5.74) is 7.12. The fourth-order valence-electron chi connectivity index (χ4n) is 2.02. The van der Waals surface area contributed by atoms with Crippen molar-refractivity contribution in [2.24, 2.45) is 0 Å². The maximum atomic E-state index is 12.2. The Labute approximate surface area is 138 Å². The molecule has 2 aromatic heterocycles. The molecule has 3 N–H and O–H groups in total. The number of amides is 1. The predicted octanol–water partition coefficient (Wildman–Crippen LogP) is 2.29. The number of nitrogen functional groups attached to an aromatic ring is 1. The minimum absolute atomic E-state index is 0.0808. The average Bonchev–Trinajstić information content (AvgIpc) is 2.61. The van der Waals surface area contributed by atoms with E-state index >= 15 is 0 Å². The lowest BCUT2D eigenvalue weighted by Gasteiger charge is -2.09. The van der Waals surface area contributed by atoms with Crippen molar-refractivity contribution in [2.45, 2.75) is 6.61 Å². The highest BCUT2D eigenvalue weighted by Crippen LogP contribution is 2.19. The van der Waals surface area contributed by atoms with Crippen LogP contribution in [0.25, 0.3) is 0 Å². The van der Waals surface area contributed by atoms with Crippen LogP contribution >= 0.6 is 0 Å². The van der Waals surface area contributed by atoms with E-state index in [0.29, 0.717) is 18.0 Å². The fraction of sp³-hybridized carbons (Fsp3) is 0.0588. The van der Waals surface area contributed by atoms with E-state index in [9.17, 15) is 4.79 Å². The third kappa shape index (κ3) is 3.83. The smallest absolute Gasteiger partial charge is 0.278 e. The van der Waals surface area contributed by atoms with Gasteiger partial charge < -0.3 is 15.8 Å². The summed E-state index contributed by atoms with van der Waals surface area (Å²) in [7, 11) is 0. The molecule has 7 heteroatoms. The Morgan fingerprint density at radius 2 is 1.92 bits per heavy atom. The SMILES string of the molecule is Nc1nccnc1C(=O)Nc1cccc(OCc2ccccn2)c1. The molecule has 0 saturated heterocycles. The molecule has 0 unspecified atom stereocenters. The van der Waals surface area contributed by atoms with Gasteiger partial charge in [-0.05, 0) is 24.3 Å². The molecule has 0 radical (unpaired) electrons. The van der Waals surface area contributed by atoms with Crippen molar-refractivity contribution in [3.8, 4) is 5.75 Å². The van der Waals surface area contributed by atoms with E-state index in [0.717, 1.165) is 5.69 Å². The second-order valence-corrected chi connectivity index (χ2v) is 4.88. The molecule has 24 heavy (non-hydrogen) atoms. The number of anilines is 2. The summed E-state index contributed by atoms with van der Waals surface area (Å²) in [6.45, 7) is 0.343. The van der Waals surface area contributed by atoms with E-state index < -0.39 is 5.91 Å². The number of hydrogen-bond acceptors (Lipinski definition) is 6. The van der Waals surface area contributed by atoms with E-state index in [-0.39, 0.29) is 11.5 Å². The minimum Gasteiger partial charge on any atom is -0.487 e. The summed E-state index contributed by atoms with van der Waals surface area (Å²) >= 11 is 0. The number of pyridine rings is 1. The number of nitrogens with two attached hydrogens (primary N) is 1. The zero-order chi connectivity index (χ0) is 16.8. The molecule has 0 aliphatic carbocycles. The number of benzene rings is 1. The van der Waals surface area contributed by atoms with Crippen molar-refractivity contribution in [2.75, 3.05) is 11.1 Å². The summed E-state index contributed by atoms with van der Waals surface area (Å²) in [5, 5.41) is 2.72. The summed E-state index contributed by atoms with van der Waals surface area (Å²) in [4.78, 5) is 24.2. The summed E-state index contributed by atoms with van der Waals surface area (Å²) < 4.78 is 5.68. The Bertz CT molecular complexity index is 839. The van der Waals surface area contributed by atoms with Crippen LogP contribution in [0.2, 0.25) is 0 Å². The first kappa shape index (κ1) is 15.4. The molecule has 1 amide bonds. The molecule has 1 aromatic carbocycles. The lowest BCUT2D eigenvalue weighted by Crippen LogP contribution is -2.16. The zero-order valence-corrected chi connectivity index (χ0v) is 12.7. The Morgan fingerprint density at radius 3 is 2.71 bits per heavy atom. The molecule has 0 saturated carbocycles. The van der Waals surface area contributed by atoms with Crippen molar-refractivity contribution in [3.63, 3.8) is 0 Å². The van der Waals surface area contributed by atoms with Gasteiger partial charge in [-0.3, -0.25) is 9.78 Å². The molecule has 0 bridgehead atoms. The Morgan fingerprint density at radius 1 is 1.04 bits per heavy atom. The van der Waals surface area contributed by atoms with Gasteiger partial charge in [0.2, 0.25) is 0 Å². The predicted molar refractivity (Wildman–Crippen MR) is 89.4 cm³/mol. The monoisotopic (exact) mass is 321 g/mol. The first-order chi connectivity index (χ1) is 11.7. The number of ether oxygens (including phenoxy) is 1. The number of nitrogens with zero attached hydrogens (tertiary/aromatic N) is 3. The number of carbonyl (C=O) groups excluding carboxylic acids is 1. The van der Waals surface area contributed by atoms with Crippen molar-refractivity contribution in [1.82, 2.24) is 15.0 Å². The van der Waals surface area contributed by atoms with Crippen LogP contribution in [-0.2, 0) is 6.61 Å². The first-order valence-electron chi connectivity index (χ1n) is 7.23. The average molecular weight is 321 g/mol. The highest BCUT2D eigenvalue weighted by molar-refractivity contribution is 6.05. The van der Waals surface area contributed by atoms with Crippen LogP contribution in [0.1, 0.15) is 16.2 Å². The van der Waals surface area contributed by atoms with Gasteiger partial charge in [0.15, 0.2) is 11.5 Å². The molecule has 3 aromatic rings. The van der Waals surface area contributed by atoms with Gasteiger partial charge in [-0.25, -0.2) is 9.97 Å². The molecular formula is C17H15N5O2. The first-order valence-corrected chi connectivity index (χ1v) is 7.23. The molecule has 120 valence electrons. The lowest BCUT2D eigenvalue weighted by molar-refractivity contribution is 0.102. The summed E-state index contributed by atoms with van der Waals surface area (Å²) in [6.07, 6.45) is 4.55. The van der Waals surface area contributed by atoms with Crippen molar-refractivity contribution >= 4 is 17.4 Å². The number of aromatic nitrogens is 3. The Hall–Kier alpha value is -3.48. The van der Waals surface area contributed by atoms with Gasteiger partial charge in [0.1, 0.15) is 12.4 Å². The second kappa shape index (κ2) is 7.19. The lowest BCUT2D eigenvalue weighted by atomic mass is 10.3. The molecule has 2 heterocycles. The highest BCUT2D eigenvalue weighted by atomic mass is 16.5. The van der Waals surface area contributed by atoms with Crippen molar-refractivity contribution in [1.29, 1.82) is 0 Å². The van der Waals surface area contributed by atoms with Crippen LogP contribution in [0.15, 0.2) is 61.1 Å². The molecule has 0 atom stereocenters.